The van der Waals surface area contributed by atoms with Crippen molar-refractivity contribution in [2.24, 2.45) is 0 Å². The first-order valence-electron chi connectivity index (χ1n) is 9.66. The molecule has 0 bridgehead atoms. The Hall–Kier alpha value is -3.14. The lowest BCUT2D eigenvalue weighted by molar-refractivity contribution is -0.123. The van der Waals surface area contributed by atoms with E-state index in [-0.39, 0.29) is 18.0 Å². The monoisotopic (exact) mass is 475 g/mol. The molecular weight excluding hydrogens is 454 g/mol. The van der Waals surface area contributed by atoms with Crippen LogP contribution in [0.3, 0.4) is 0 Å². The molecule has 0 saturated carbocycles. The lowest BCUT2D eigenvalue weighted by Crippen LogP contribution is -2.45. The number of carbonyl (C=O) groups is 2. The van der Waals surface area contributed by atoms with Gasteiger partial charge in [-0.3, -0.25) is 9.59 Å². The molecule has 3 rings (SSSR count). The SMILES string of the molecule is Cc1cccc(N(CC(=O)NCc2ccco2)C(=O)CNS(=O)(=O)c2ccc(Cl)cc2)c1. The molecule has 10 heteroatoms. The smallest absolute Gasteiger partial charge is 0.242 e. The van der Waals surface area contributed by atoms with Crippen molar-refractivity contribution in [3.63, 3.8) is 0 Å². The maximum atomic E-state index is 12.9. The molecule has 0 unspecified atom stereocenters. The number of hydrogen-bond donors (Lipinski definition) is 2. The molecule has 8 nitrogen and oxygen atoms in total. The van der Waals surface area contributed by atoms with Gasteiger partial charge >= 0.3 is 0 Å². The van der Waals surface area contributed by atoms with E-state index in [4.69, 9.17) is 16.0 Å². The van der Waals surface area contributed by atoms with E-state index >= 15 is 0 Å². The second kappa shape index (κ2) is 10.4. The molecule has 0 aliphatic rings. The van der Waals surface area contributed by atoms with Crippen LogP contribution in [0, 0.1) is 6.92 Å². The number of nitrogens with zero attached hydrogens (tertiary/aromatic N) is 1. The summed E-state index contributed by atoms with van der Waals surface area (Å²) in [5.41, 5.74) is 1.37. The molecule has 1 heterocycles. The van der Waals surface area contributed by atoms with Crippen molar-refractivity contribution in [2.45, 2.75) is 18.4 Å². The average Bonchev–Trinajstić information content (AvgIpc) is 3.28. The number of furan rings is 1. The van der Waals surface area contributed by atoms with E-state index < -0.39 is 28.4 Å². The number of nitrogens with one attached hydrogen (secondary N) is 2. The zero-order valence-corrected chi connectivity index (χ0v) is 18.8. The third-order valence-electron chi connectivity index (χ3n) is 4.49. The van der Waals surface area contributed by atoms with E-state index in [2.05, 4.69) is 10.0 Å². The maximum absolute atomic E-state index is 12.9. The van der Waals surface area contributed by atoms with Gasteiger partial charge in [-0.15, -0.1) is 0 Å². The Morgan fingerprint density at radius 3 is 2.47 bits per heavy atom. The Labute approximate surface area is 191 Å². The number of amides is 2. The summed E-state index contributed by atoms with van der Waals surface area (Å²) < 4.78 is 32.5. The van der Waals surface area contributed by atoms with E-state index in [9.17, 15) is 18.0 Å². The highest BCUT2D eigenvalue weighted by atomic mass is 35.5. The normalized spacial score (nSPS) is 11.2. The Morgan fingerprint density at radius 1 is 1.06 bits per heavy atom. The molecule has 0 aliphatic carbocycles. The summed E-state index contributed by atoms with van der Waals surface area (Å²) in [5.74, 6) is -0.430. The zero-order chi connectivity index (χ0) is 23.1. The largest absolute Gasteiger partial charge is 0.467 e. The highest BCUT2D eigenvalue weighted by Crippen LogP contribution is 2.17. The number of carbonyl (C=O) groups excluding carboxylic acids is 2. The highest BCUT2D eigenvalue weighted by molar-refractivity contribution is 7.89. The molecule has 0 atom stereocenters. The van der Waals surface area contributed by atoms with Crippen molar-refractivity contribution in [1.29, 1.82) is 0 Å². The minimum absolute atomic E-state index is 0.0204. The minimum atomic E-state index is -3.93. The summed E-state index contributed by atoms with van der Waals surface area (Å²) in [4.78, 5) is 26.6. The first-order valence-corrected chi connectivity index (χ1v) is 11.5. The Morgan fingerprint density at radius 2 is 1.81 bits per heavy atom. The number of hydrogen-bond acceptors (Lipinski definition) is 5. The van der Waals surface area contributed by atoms with Gasteiger partial charge in [-0.1, -0.05) is 23.7 Å². The quantitative estimate of drug-likeness (QED) is 0.494. The van der Waals surface area contributed by atoms with Crippen LogP contribution in [0.2, 0.25) is 5.02 Å². The number of anilines is 1. The number of sulfonamides is 1. The average molecular weight is 476 g/mol. The van der Waals surface area contributed by atoms with Gasteiger partial charge in [0.15, 0.2) is 0 Å². The third kappa shape index (κ3) is 6.43. The topological polar surface area (TPSA) is 109 Å². The van der Waals surface area contributed by atoms with Crippen molar-refractivity contribution >= 4 is 39.1 Å². The Kier molecular flexibility index (Phi) is 7.68. The molecule has 2 N–H and O–H groups in total. The van der Waals surface area contributed by atoms with Crippen LogP contribution in [-0.4, -0.2) is 33.3 Å². The fourth-order valence-corrected chi connectivity index (χ4v) is 3.97. The second-order valence-corrected chi connectivity index (χ2v) is 9.16. The summed E-state index contributed by atoms with van der Waals surface area (Å²) in [6, 6.07) is 16.0. The molecule has 2 aromatic carbocycles. The van der Waals surface area contributed by atoms with Gasteiger partial charge in [0.05, 0.1) is 24.2 Å². The van der Waals surface area contributed by atoms with Gasteiger partial charge in [0.25, 0.3) is 0 Å². The van der Waals surface area contributed by atoms with Gasteiger partial charge in [-0.2, -0.15) is 0 Å². The minimum Gasteiger partial charge on any atom is -0.467 e. The van der Waals surface area contributed by atoms with Gasteiger partial charge in [-0.05, 0) is 61.0 Å². The predicted molar refractivity (Wildman–Crippen MR) is 121 cm³/mol. The first-order chi connectivity index (χ1) is 15.2. The fraction of sp³-hybridized carbons (Fsp3) is 0.182. The molecule has 0 spiro atoms. The van der Waals surface area contributed by atoms with Crippen molar-refractivity contribution in [3.05, 3.63) is 83.3 Å². The molecule has 32 heavy (non-hydrogen) atoms. The summed E-state index contributed by atoms with van der Waals surface area (Å²) in [6.45, 7) is 1.22. The van der Waals surface area contributed by atoms with Gasteiger partial charge in [0.2, 0.25) is 21.8 Å². The van der Waals surface area contributed by atoms with Crippen molar-refractivity contribution < 1.29 is 22.4 Å². The predicted octanol–water partition coefficient (Wildman–Crippen LogP) is 2.87. The van der Waals surface area contributed by atoms with Crippen molar-refractivity contribution in [3.8, 4) is 0 Å². The van der Waals surface area contributed by atoms with Gasteiger partial charge in [0, 0.05) is 10.7 Å². The molecule has 0 saturated heterocycles. The van der Waals surface area contributed by atoms with E-state index in [1.54, 1.807) is 30.3 Å². The zero-order valence-electron chi connectivity index (χ0n) is 17.2. The van der Waals surface area contributed by atoms with E-state index in [1.165, 1.54) is 35.4 Å². The van der Waals surface area contributed by atoms with Crippen LogP contribution in [-0.2, 0) is 26.2 Å². The van der Waals surface area contributed by atoms with Crippen LogP contribution in [0.1, 0.15) is 11.3 Å². The number of aryl methyl sites for hydroxylation is 1. The van der Waals surface area contributed by atoms with E-state index in [0.29, 0.717) is 16.5 Å². The molecule has 3 aromatic rings. The summed E-state index contributed by atoms with van der Waals surface area (Å²) >= 11 is 5.80. The van der Waals surface area contributed by atoms with Gasteiger partial charge in [0.1, 0.15) is 12.3 Å². The van der Waals surface area contributed by atoms with Crippen LogP contribution in [0.4, 0.5) is 5.69 Å². The Bertz CT molecular complexity index is 1180. The number of rotatable bonds is 9. The number of halogens is 1. The van der Waals surface area contributed by atoms with Gasteiger partial charge in [-0.25, -0.2) is 13.1 Å². The van der Waals surface area contributed by atoms with E-state index in [0.717, 1.165) is 5.56 Å². The highest BCUT2D eigenvalue weighted by Gasteiger charge is 2.22. The third-order valence-corrected chi connectivity index (χ3v) is 6.16. The van der Waals surface area contributed by atoms with Crippen LogP contribution < -0.4 is 14.9 Å². The molecule has 2 amide bonds. The summed E-state index contributed by atoms with van der Waals surface area (Å²) in [5, 5.41) is 3.08. The molecule has 168 valence electrons. The van der Waals surface area contributed by atoms with Gasteiger partial charge < -0.3 is 14.6 Å². The maximum Gasteiger partial charge on any atom is 0.242 e. The molecule has 0 fully saturated rings. The van der Waals surface area contributed by atoms with Crippen molar-refractivity contribution in [1.82, 2.24) is 10.0 Å². The van der Waals surface area contributed by atoms with Crippen LogP contribution in [0.5, 0.6) is 0 Å². The summed E-state index contributed by atoms with van der Waals surface area (Å²) in [7, 11) is -3.93. The van der Waals surface area contributed by atoms with Crippen LogP contribution in [0.25, 0.3) is 0 Å². The first kappa shape index (κ1) is 23.5. The van der Waals surface area contributed by atoms with Crippen LogP contribution in [0.15, 0.2) is 76.2 Å². The lowest BCUT2D eigenvalue weighted by Gasteiger charge is -2.23. The molecule has 0 aliphatic heterocycles. The van der Waals surface area contributed by atoms with Crippen molar-refractivity contribution in [2.75, 3.05) is 18.0 Å². The molecule has 1 aromatic heterocycles. The number of benzene rings is 2. The molecule has 0 radical (unpaired) electrons. The second-order valence-electron chi connectivity index (χ2n) is 6.95. The van der Waals surface area contributed by atoms with Crippen LogP contribution >= 0.6 is 11.6 Å². The fourth-order valence-electron chi connectivity index (χ4n) is 2.87. The summed E-state index contributed by atoms with van der Waals surface area (Å²) in [6.07, 6.45) is 1.50. The lowest BCUT2D eigenvalue weighted by atomic mass is 10.2. The Balaban J connectivity index is 1.71. The standard InChI is InChI=1S/C22H22ClN3O5S/c1-16-4-2-5-18(12-16)26(15-21(27)24-13-19-6-3-11-31-19)22(28)14-25-32(29,30)20-9-7-17(23)8-10-20/h2-12,25H,13-15H2,1H3,(H,24,27). The molecular formula is C22H22ClN3O5S. The van der Waals surface area contributed by atoms with E-state index in [1.807, 2.05) is 13.0 Å².